The van der Waals surface area contributed by atoms with Crippen molar-refractivity contribution >= 4 is 16.0 Å². The normalized spacial score (nSPS) is 14.1. The fourth-order valence-corrected chi connectivity index (χ4v) is 0.486. The molecule has 0 saturated carbocycles. The van der Waals surface area contributed by atoms with Gasteiger partial charge in [-0.25, -0.2) is 5.43 Å². The van der Waals surface area contributed by atoms with Crippen LogP contribution in [0.5, 0.6) is 0 Å². The van der Waals surface area contributed by atoms with Crippen LogP contribution in [0.15, 0.2) is 0 Å². The Bertz CT molecular complexity index is 234. The molecule has 0 bridgehead atoms. The van der Waals surface area contributed by atoms with E-state index in [-0.39, 0.29) is 0 Å². The van der Waals surface area contributed by atoms with Gasteiger partial charge < -0.3 is 0 Å². The summed E-state index contributed by atoms with van der Waals surface area (Å²) in [6.45, 7) is 2.41. The summed E-state index contributed by atoms with van der Waals surface area (Å²) in [5.74, 6) is -0.430. The standard InChI is InChI=1S/C4H10N2O4S/c1-3(7)5-6-4(2)11(8,9)10/h4,6H,1-2H3,(H,5,7)(H,8,9,10). The molecule has 0 fully saturated rings. The summed E-state index contributed by atoms with van der Waals surface area (Å²) in [6.07, 6.45) is 0. The predicted octanol–water partition coefficient (Wildman–Crippen LogP) is -1.14. The number of amides is 1. The number of hydrogen-bond donors (Lipinski definition) is 3. The molecule has 1 amide bonds. The van der Waals surface area contributed by atoms with Gasteiger partial charge in [-0.3, -0.25) is 14.8 Å². The van der Waals surface area contributed by atoms with Crippen LogP contribution in [0.4, 0.5) is 0 Å². The molecule has 0 saturated heterocycles. The van der Waals surface area contributed by atoms with E-state index in [1.165, 1.54) is 13.8 Å². The average molecular weight is 182 g/mol. The second-order valence-corrected chi connectivity index (χ2v) is 3.72. The lowest BCUT2D eigenvalue weighted by Crippen LogP contribution is -2.45. The first-order valence-electron chi connectivity index (χ1n) is 2.82. The summed E-state index contributed by atoms with van der Waals surface area (Å²) in [5.41, 5.74) is 4.11. The van der Waals surface area contributed by atoms with E-state index in [4.69, 9.17) is 4.55 Å². The number of carbonyl (C=O) groups excluding carboxylic acids is 1. The molecule has 0 radical (unpaired) electrons. The molecule has 0 heterocycles. The topological polar surface area (TPSA) is 95.5 Å². The van der Waals surface area contributed by atoms with Crippen LogP contribution in [0.25, 0.3) is 0 Å². The van der Waals surface area contributed by atoms with Crippen molar-refractivity contribution in [1.29, 1.82) is 0 Å². The van der Waals surface area contributed by atoms with Crippen molar-refractivity contribution in [2.45, 2.75) is 19.2 Å². The van der Waals surface area contributed by atoms with Crippen LogP contribution in [-0.2, 0) is 14.9 Å². The summed E-state index contributed by atoms with van der Waals surface area (Å²) in [7, 11) is -4.12. The van der Waals surface area contributed by atoms with Crippen LogP contribution in [0, 0.1) is 0 Å². The predicted molar refractivity (Wildman–Crippen MR) is 38.0 cm³/mol. The van der Waals surface area contributed by atoms with Gasteiger partial charge in [-0.15, -0.1) is 0 Å². The zero-order valence-corrected chi connectivity index (χ0v) is 6.97. The Labute approximate surface area is 64.7 Å². The quantitative estimate of drug-likeness (QED) is 0.379. The lowest BCUT2D eigenvalue weighted by molar-refractivity contribution is -0.119. The van der Waals surface area contributed by atoms with Crippen molar-refractivity contribution in [3.05, 3.63) is 0 Å². The van der Waals surface area contributed by atoms with Gasteiger partial charge in [-0.05, 0) is 6.92 Å². The Morgan fingerprint density at radius 3 is 2.27 bits per heavy atom. The highest BCUT2D eigenvalue weighted by Crippen LogP contribution is 1.89. The highest BCUT2D eigenvalue weighted by Gasteiger charge is 2.15. The molecule has 3 N–H and O–H groups in total. The summed E-state index contributed by atoms with van der Waals surface area (Å²) in [5, 5.41) is -1.20. The molecule has 1 unspecified atom stereocenters. The molecule has 0 aromatic carbocycles. The van der Waals surface area contributed by atoms with E-state index in [9.17, 15) is 13.2 Å². The second-order valence-electron chi connectivity index (χ2n) is 1.98. The maximum atomic E-state index is 10.3. The van der Waals surface area contributed by atoms with E-state index in [1.54, 1.807) is 0 Å². The first kappa shape index (κ1) is 10.3. The number of nitrogens with one attached hydrogen (secondary N) is 2. The van der Waals surface area contributed by atoms with Crippen LogP contribution < -0.4 is 10.9 Å². The zero-order valence-electron chi connectivity index (χ0n) is 6.16. The van der Waals surface area contributed by atoms with Gasteiger partial charge in [0.1, 0.15) is 5.37 Å². The lowest BCUT2D eigenvalue weighted by atomic mass is 10.7. The summed E-state index contributed by atoms with van der Waals surface area (Å²) < 4.78 is 28.9. The third-order valence-corrected chi connectivity index (χ3v) is 1.91. The molecule has 0 aliphatic carbocycles. The van der Waals surface area contributed by atoms with Gasteiger partial charge in [0.2, 0.25) is 5.91 Å². The Hall–Kier alpha value is -0.660. The number of hydrogen-bond acceptors (Lipinski definition) is 4. The van der Waals surface area contributed by atoms with Crippen LogP contribution in [0.1, 0.15) is 13.8 Å². The van der Waals surface area contributed by atoms with Crippen LogP contribution in [0.2, 0.25) is 0 Å². The summed E-state index contributed by atoms with van der Waals surface area (Å²) in [6, 6.07) is 0. The lowest BCUT2D eigenvalue weighted by Gasteiger charge is -2.09. The highest BCUT2D eigenvalue weighted by molar-refractivity contribution is 7.86. The zero-order chi connectivity index (χ0) is 9.07. The minimum Gasteiger partial charge on any atom is -0.291 e. The van der Waals surface area contributed by atoms with E-state index >= 15 is 0 Å². The molecule has 0 aliphatic heterocycles. The van der Waals surface area contributed by atoms with Crippen molar-refractivity contribution in [2.75, 3.05) is 0 Å². The summed E-state index contributed by atoms with van der Waals surface area (Å²) >= 11 is 0. The molecule has 0 aromatic heterocycles. The van der Waals surface area contributed by atoms with E-state index in [0.29, 0.717) is 0 Å². The van der Waals surface area contributed by atoms with E-state index in [1.807, 2.05) is 5.43 Å². The Kier molecular flexibility index (Phi) is 3.43. The molecular weight excluding hydrogens is 172 g/mol. The van der Waals surface area contributed by atoms with Gasteiger partial charge >= 0.3 is 0 Å². The Morgan fingerprint density at radius 1 is 1.55 bits per heavy atom. The molecule has 0 rings (SSSR count). The van der Waals surface area contributed by atoms with Gasteiger partial charge in [-0.1, -0.05) is 0 Å². The fraction of sp³-hybridized carbons (Fsp3) is 0.750. The minimum atomic E-state index is -4.12. The van der Waals surface area contributed by atoms with Crippen LogP contribution >= 0.6 is 0 Å². The molecule has 0 aliphatic rings. The Balaban J connectivity index is 3.90. The largest absolute Gasteiger partial charge is 0.291 e. The molecular formula is C4H10N2O4S. The molecule has 7 heteroatoms. The van der Waals surface area contributed by atoms with E-state index in [2.05, 4.69) is 5.43 Å². The molecule has 6 nitrogen and oxygen atoms in total. The SMILES string of the molecule is CC(=O)NNC(C)S(=O)(=O)O. The monoisotopic (exact) mass is 182 g/mol. The van der Waals surface area contributed by atoms with Crippen molar-refractivity contribution in [1.82, 2.24) is 10.9 Å². The fourth-order valence-electron chi connectivity index (χ4n) is 0.278. The van der Waals surface area contributed by atoms with Crippen molar-refractivity contribution in [2.24, 2.45) is 0 Å². The Morgan fingerprint density at radius 2 is 2.00 bits per heavy atom. The second kappa shape index (κ2) is 3.65. The number of rotatable bonds is 3. The van der Waals surface area contributed by atoms with Crippen molar-refractivity contribution in [3.8, 4) is 0 Å². The summed E-state index contributed by atoms with van der Waals surface area (Å²) in [4.78, 5) is 10.2. The highest BCUT2D eigenvalue weighted by atomic mass is 32.2. The number of hydrazine groups is 1. The van der Waals surface area contributed by atoms with Crippen molar-refractivity contribution in [3.63, 3.8) is 0 Å². The van der Waals surface area contributed by atoms with Gasteiger partial charge in [0.05, 0.1) is 0 Å². The third kappa shape index (κ3) is 4.71. The first-order valence-corrected chi connectivity index (χ1v) is 4.32. The van der Waals surface area contributed by atoms with Gasteiger partial charge in [0.15, 0.2) is 0 Å². The maximum Gasteiger partial charge on any atom is 0.282 e. The smallest absolute Gasteiger partial charge is 0.282 e. The average Bonchev–Trinajstić information content (AvgIpc) is 1.80. The molecule has 1 atom stereocenters. The number of carbonyl (C=O) groups is 1. The van der Waals surface area contributed by atoms with Crippen molar-refractivity contribution < 1.29 is 17.8 Å². The van der Waals surface area contributed by atoms with Gasteiger partial charge in [0, 0.05) is 6.92 Å². The third-order valence-electron chi connectivity index (χ3n) is 0.898. The molecule has 66 valence electrons. The van der Waals surface area contributed by atoms with Gasteiger partial charge in [0.25, 0.3) is 10.1 Å². The van der Waals surface area contributed by atoms with E-state index < -0.39 is 21.4 Å². The van der Waals surface area contributed by atoms with Crippen LogP contribution in [0.3, 0.4) is 0 Å². The van der Waals surface area contributed by atoms with E-state index in [0.717, 1.165) is 0 Å². The molecule has 0 aromatic rings. The minimum absolute atomic E-state index is 0.430. The first-order chi connectivity index (χ1) is 4.84. The molecule has 0 spiro atoms. The maximum absolute atomic E-state index is 10.3. The molecule has 11 heavy (non-hydrogen) atoms. The van der Waals surface area contributed by atoms with Gasteiger partial charge in [-0.2, -0.15) is 8.42 Å². The van der Waals surface area contributed by atoms with Crippen LogP contribution in [-0.4, -0.2) is 24.3 Å².